The highest BCUT2D eigenvalue weighted by molar-refractivity contribution is 5.94. The van der Waals surface area contributed by atoms with Gasteiger partial charge in [0.25, 0.3) is 5.91 Å². The number of rotatable bonds is 4. The highest BCUT2D eigenvalue weighted by Gasteiger charge is 2.16. The maximum absolute atomic E-state index is 12.2. The maximum Gasteiger partial charge on any atom is 0.251 e. The van der Waals surface area contributed by atoms with Gasteiger partial charge in [-0.1, -0.05) is 12.1 Å². The summed E-state index contributed by atoms with van der Waals surface area (Å²) in [7, 11) is 0. The van der Waals surface area contributed by atoms with Crippen LogP contribution in [-0.4, -0.2) is 39.8 Å². The molecule has 1 fully saturated rings. The lowest BCUT2D eigenvalue weighted by molar-refractivity contribution is 0.0858. The molecule has 1 amide bonds. The molecular formula is C18H18N4O2. The molecule has 1 N–H and O–H groups in total. The Bertz CT molecular complexity index is 851. The van der Waals surface area contributed by atoms with E-state index >= 15 is 0 Å². The molecule has 0 spiro atoms. The van der Waals surface area contributed by atoms with Crippen molar-refractivity contribution in [1.29, 1.82) is 0 Å². The first kappa shape index (κ1) is 14.8. The molecule has 0 unspecified atom stereocenters. The molecule has 1 saturated heterocycles. The number of carbonyl (C=O) groups excluding carboxylic acids is 1. The zero-order valence-corrected chi connectivity index (χ0v) is 13.2. The van der Waals surface area contributed by atoms with E-state index in [0.29, 0.717) is 12.1 Å². The van der Waals surface area contributed by atoms with Gasteiger partial charge in [0.1, 0.15) is 0 Å². The van der Waals surface area contributed by atoms with Crippen molar-refractivity contribution in [3.05, 3.63) is 54.4 Å². The van der Waals surface area contributed by atoms with Crippen molar-refractivity contribution in [2.24, 2.45) is 0 Å². The van der Waals surface area contributed by atoms with Crippen molar-refractivity contribution in [1.82, 2.24) is 19.9 Å². The molecule has 2 aromatic heterocycles. The molecule has 1 aromatic carbocycles. The summed E-state index contributed by atoms with van der Waals surface area (Å²) >= 11 is 0. The summed E-state index contributed by atoms with van der Waals surface area (Å²) in [6, 6.07) is 11.2. The van der Waals surface area contributed by atoms with Crippen LogP contribution in [0.4, 0.5) is 0 Å². The van der Waals surface area contributed by atoms with Crippen LogP contribution >= 0.6 is 0 Å². The fraction of sp³-hybridized carbons (Fsp3) is 0.278. The normalized spacial score (nSPS) is 17.2. The van der Waals surface area contributed by atoms with Crippen LogP contribution in [0.3, 0.4) is 0 Å². The van der Waals surface area contributed by atoms with Gasteiger partial charge >= 0.3 is 0 Å². The first-order valence-electron chi connectivity index (χ1n) is 8.10. The molecule has 1 aliphatic rings. The molecule has 0 aliphatic carbocycles. The van der Waals surface area contributed by atoms with E-state index in [2.05, 4.69) is 15.4 Å². The molecule has 1 atom stereocenters. The number of nitrogens with one attached hydrogen (secondary N) is 1. The fourth-order valence-electron chi connectivity index (χ4n) is 2.93. The molecule has 122 valence electrons. The number of aromatic nitrogens is 3. The highest BCUT2D eigenvalue weighted by atomic mass is 16.5. The van der Waals surface area contributed by atoms with Gasteiger partial charge in [-0.3, -0.25) is 4.79 Å². The van der Waals surface area contributed by atoms with Crippen LogP contribution in [0.5, 0.6) is 0 Å². The Morgan fingerprint density at radius 3 is 2.96 bits per heavy atom. The number of fused-ring (bicyclic) bond motifs is 1. The first-order chi connectivity index (χ1) is 11.8. The molecule has 4 rings (SSSR count). The van der Waals surface area contributed by atoms with Gasteiger partial charge in [-0.2, -0.15) is 5.10 Å². The minimum Gasteiger partial charge on any atom is -0.376 e. The molecule has 0 bridgehead atoms. The minimum absolute atomic E-state index is 0.0756. The molecule has 6 heteroatoms. The number of benzene rings is 1. The van der Waals surface area contributed by atoms with Crippen molar-refractivity contribution in [2.75, 3.05) is 13.2 Å². The van der Waals surface area contributed by atoms with Crippen molar-refractivity contribution >= 4 is 11.6 Å². The van der Waals surface area contributed by atoms with Gasteiger partial charge in [0.05, 0.1) is 18.0 Å². The Balaban J connectivity index is 1.49. The predicted octanol–water partition coefficient (Wildman–Crippen LogP) is 2.31. The van der Waals surface area contributed by atoms with Crippen LogP contribution in [0.15, 0.2) is 48.8 Å². The van der Waals surface area contributed by atoms with E-state index in [1.807, 2.05) is 36.4 Å². The lowest BCUT2D eigenvalue weighted by Crippen LogP contribution is -2.31. The smallest absolute Gasteiger partial charge is 0.251 e. The van der Waals surface area contributed by atoms with E-state index in [1.54, 1.807) is 16.9 Å². The lowest BCUT2D eigenvalue weighted by atomic mass is 10.1. The summed E-state index contributed by atoms with van der Waals surface area (Å²) in [4.78, 5) is 16.5. The van der Waals surface area contributed by atoms with Crippen LogP contribution in [0.25, 0.3) is 16.9 Å². The molecule has 24 heavy (non-hydrogen) atoms. The number of amides is 1. The summed E-state index contributed by atoms with van der Waals surface area (Å²) in [5.41, 5.74) is 3.30. The number of imidazole rings is 1. The number of hydrogen-bond donors (Lipinski definition) is 1. The second-order valence-corrected chi connectivity index (χ2v) is 5.86. The zero-order chi connectivity index (χ0) is 16.4. The quantitative estimate of drug-likeness (QED) is 0.800. The highest BCUT2D eigenvalue weighted by Crippen LogP contribution is 2.20. The van der Waals surface area contributed by atoms with E-state index in [9.17, 15) is 4.79 Å². The Morgan fingerprint density at radius 1 is 1.29 bits per heavy atom. The van der Waals surface area contributed by atoms with Gasteiger partial charge in [-0.15, -0.1) is 0 Å². The van der Waals surface area contributed by atoms with E-state index < -0.39 is 0 Å². The summed E-state index contributed by atoms with van der Waals surface area (Å²) in [6.07, 6.45) is 5.75. The van der Waals surface area contributed by atoms with Gasteiger partial charge in [0.2, 0.25) is 0 Å². The van der Waals surface area contributed by atoms with Gasteiger partial charge in [-0.05, 0) is 37.1 Å². The SMILES string of the molecule is O=C(NC[C@H]1CCCO1)c1ccc(-c2cnc3cccnn23)cc1. The standard InChI is InChI=1S/C18H18N4O2/c23-18(20-11-15-3-2-10-24-15)14-7-5-13(6-8-14)16-12-19-17-4-1-9-21-22(16)17/h1,4-9,12,15H,2-3,10-11H2,(H,20,23)/t15-/m1/s1. The van der Waals surface area contributed by atoms with Crippen LogP contribution in [0, 0.1) is 0 Å². The van der Waals surface area contributed by atoms with Gasteiger partial charge in [0, 0.05) is 30.5 Å². The van der Waals surface area contributed by atoms with E-state index in [4.69, 9.17) is 4.74 Å². The van der Waals surface area contributed by atoms with E-state index in [0.717, 1.165) is 36.4 Å². The third kappa shape index (κ3) is 2.88. The Hall–Kier alpha value is -2.73. The Kier molecular flexibility index (Phi) is 3.96. The topological polar surface area (TPSA) is 68.5 Å². The number of carbonyl (C=O) groups is 1. The van der Waals surface area contributed by atoms with Crippen molar-refractivity contribution in [3.63, 3.8) is 0 Å². The second-order valence-electron chi connectivity index (χ2n) is 5.86. The average molecular weight is 322 g/mol. The summed E-state index contributed by atoms with van der Waals surface area (Å²) in [5.74, 6) is -0.0756. The molecule has 3 heterocycles. The van der Waals surface area contributed by atoms with Gasteiger partial charge < -0.3 is 10.1 Å². The maximum atomic E-state index is 12.2. The van der Waals surface area contributed by atoms with Crippen molar-refractivity contribution in [3.8, 4) is 11.3 Å². The molecule has 0 radical (unpaired) electrons. The van der Waals surface area contributed by atoms with Gasteiger partial charge in [-0.25, -0.2) is 9.50 Å². The van der Waals surface area contributed by atoms with E-state index in [1.165, 1.54) is 0 Å². The molecule has 3 aromatic rings. The van der Waals surface area contributed by atoms with Crippen LogP contribution < -0.4 is 5.32 Å². The number of nitrogens with zero attached hydrogens (tertiary/aromatic N) is 3. The summed E-state index contributed by atoms with van der Waals surface area (Å²) in [5, 5.41) is 7.24. The third-order valence-corrected chi connectivity index (χ3v) is 4.23. The van der Waals surface area contributed by atoms with Crippen molar-refractivity contribution < 1.29 is 9.53 Å². The second kappa shape index (κ2) is 6.41. The number of ether oxygens (including phenoxy) is 1. The predicted molar refractivity (Wildman–Crippen MR) is 89.7 cm³/mol. The Morgan fingerprint density at radius 2 is 2.17 bits per heavy atom. The molecule has 0 saturated carbocycles. The summed E-state index contributed by atoms with van der Waals surface area (Å²) < 4.78 is 7.30. The van der Waals surface area contributed by atoms with Crippen LogP contribution in [-0.2, 0) is 4.74 Å². The minimum atomic E-state index is -0.0756. The monoisotopic (exact) mass is 322 g/mol. The third-order valence-electron chi connectivity index (χ3n) is 4.23. The van der Waals surface area contributed by atoms with Crippen LogP contribution in [0.1, 0.15) is 23.2 Å². The summed E-state index contributed by atoms with van der Waals surface area (Å²) in [6.45, 7) is 1.36. The first-order valence-corrected chi connectivity index (χ1v) is 8.10. The van der Waals surface area contributed by atoms with E-state index in [-0.39, 0.29) is 12.0 Å². The lowest BCUT2D eigenvalue weighted by Gasteiger charge is -2.11. The Labute approximate surface area is 139 Å². The fourth-order valence-corrected chi connectivity index (χ4v) is 2.93. The molecule has 1 aliphatic heterocycles. The largest absolute Gasteiger partial charge is 0.376 e. The molecular weight excluding hydrogens is 304 g/mol. The van der Waals surface area contributed by atoms with Crippen molar-refractivity contribution in [2.45, 2.75) is 18.9 Å². The zero-order valence-electron chi connectivity index (χ0n) is 13.2. The average Bonchev–Trinajstić information content (AvgIpc) is 3.29. The van der Waals surface area contributed by atoms with Crippen LogP contribution in [0.2, 0.25) is 0 Å². The van der Waals surface area contributed by atoms with Gasteiger partial charge in [0.15, 0.2) is 5.65 Å². The number of hydrogen-bond acceptors (Lipinski definition) is 4. The molecule has 6 nitrogen and oxygen atoms in total.